The van der Waals surface area contributed by atoms with Gasteiger partial charge < -0.3 is 0 Å². The Morgan fingerprint density at radius 2 is 1.52 bits per heavy atom. The molecule has 0 aliphatic rings. The maximum absolute atomic E-state index is 6.75. The summed E-state index contributed by atoms with van der Waals surface area (Å²) in [6, 6.07) is 18.0. The molecule has 0 aromatic heterocycles. The average Bonchev–Trinajstić information content (AvgIpc) is 2.50. The Morgan fingerprint density at radius 3 is 2.29 bits per heavy atom. The van der Waals surface area contributed by atoms with Gasteiger partial charge in [-0.1, -0.05) is 73.8 Å². The molecule has 106 valence electrons. The molecule has 0 N–H and O–H groups in total. The highest BCUT2D eigenvalue weighted by atomic mass is 79.9. The monoisotopic (exact) mass is 442 g/mol. The van der Waals surface area contributed by atoms with E-state index in [-0.39, 0.29) is 5.38 Å². The number of hydrogen-bond donors (Lipinski definition) is 0. The molecule has 0 amide bonds. The molecular weight excluding hydrogens is 435 g/mol. The zero-order valence-electron chi connectivity index (χ0n) is 10.8. The van der Waals surface area contributed by atoms with Crippen molar-refractivity contribution in [2.45, 2.75) is 5.38 Å². The lowest BCUT2D eigenvalue weighted by atomic mass is 9.98. The van der Waals surface area contributed by atoms with Crippen molar-refractivity contribution >= 4 is 65.8 Å². The molecule has 0 spiro atoms. The van der Waals surface area contributed by atoms with E-state index in [1.54, 1.807) is 0 Å². The fourth-order valence-corrected chi connectivity index (χ4v) is 3.97. The molecule has 3 rings (SSSR count). The Balaban J connectivity index is 2.20. The lowest BCUT2D eigenvalue weighted by Crippen LogP contribution is -1.96. The second-order valence-electron chi connectivity index (χ2n) is 4.71. The first-order valence-electron chi connectivity index (χ1n) is 6.34. The van der Waals surface area contributed by atoms with Gasteiger partial charge in [-0.05, 0) is 40.8 Å². The molecular formula is C17H10Br2Cl2. The van der Waals surface area contributed by atoms with Crippen LogP contribution in [-0.4, -0.2) is 0 Å². The van der Waals surface area contributed by atoms with Gasteiger partial charge in [0.15, 0.2) is 0 Å². The summed E-state index contributed by atoms with van der Waals surface area (Å²) in [7, 11) is 0. The quantitative estimate of drug-likeness (QED) is 0.362. The molecule has 0 saturated heterocycles. The van der Waals surface area contributed by atoms with E-state index < -0.39 is 0 Å². The van der Waals surface area contributed by atoms with Crippen LogP contribution in [0.1, 0.15) is 16.5 Å². The first kappa shape index (κ1) is 15.4. The van der Waals surface area contributed by atoms with Crippen LogP contribution in [0.3, 0.4) is 0 Å². The minimum Gasteiger partial charge on any atom is -0.113 e. The normalized spacial score (nSPS) is 12.6. The lowest BCUT2D eigenvalue weighted by molar-refractivity contribution is 1.14. The van der Waals surface area contributed by atoms with Crippen molar-refractivity contribution in [3.8, 4) is 0 Å². The van der Waals surface area contributed by atoms with E-state index in [9.17, 15) is 0 Å². The molecule has 21 heavy (non-hydrogen) atoms. The summed E-state index contributed by atoms with van der Waals surface area (Å²) in [5.74, 6) is 0. The molecule has 0 radical (unpaired) electrons. The van der Waals surface area contributed by atoms with E-state index in [1.807, 2.05) is 48.5 Å². The Bertz CT molecular complexity index is 815. The van der Waals surface area contributed by atoms with Crippen molar-refractivity contribution in [1.82, 2.24) is 0 Å². The van der Waals surface area contributed by atoms with Gasteiger partial charge in [0, 0.05) is 19.4 Å². The molecule has 0 saturated carbocycles. The number of rotatable bonds is 2. The summed E-state index contributed by atoms with van der Waals surface area (Å²) in [5, 5.41) is 2.59. The van der Waals surface area contributed by atoms with Gasteiger partial charge in [0.1, 0.15) is 0 Å². The third-order valence-electron chi connectivity index (χ3n) is 3.41. The molecule has 3 aromatic rings. The van der Waals surface area contributed by atoms with E-state index in [4.69, 9.17) is 23.2 Å². The zero-order valence-corrected chi connectivity index (χ0v) is 15.5. The third-order valence-corrected chi connectivity index (χ3v) is 5.42. The first-order valence-corrected chi connectivity index (χ1v) is 8.74. The maximum atomic E-state index is 6.75. The van der Waals surface area contributed by atoms with Gasteiger partial charge in [0.05, 0.1) is 5.38 Å². The largest absolute Gasteiger partial charge is 0.113 e. The van der Waals surface area contributed by atoms with E-state index in [2.05, 4.69) is 37.9 Å². The minimum atomic E-state index is -0.251. The van der Waals surface area contributed by atoms with Crippen LogP contribution in [0.25, 0.3) is 10.8 Å². The molecule has 1 atom stereocenters. The van der Waals surface area contributed by atoms with E-state index >= 15 is 0 Å². The van der Waals surface area contributed by atoms with E-state index in [1.165, 1.54) is 0 Å². The van der Waals surface area contributed by atoms with Crippen LogP contribution < -0.4 is 0 Å². The number of fused-ring (bicyclic) bond motifs is 1. The summed E-state index contributed by atoms with van der Waals surface area (Å²) in [6.07, 6.45) is 0. The molecule has 0 heterocycles. The van der Waals surface area contributed by atoms with Crippen molar-refractivity contribution in [2.75, 3.05) is 0 Å². The Morgan fingerprint density at radius 1 is 0.810 bits per heavy atom. The van der Waals surface area contributed by atoms with Crippen molar-refractivity contribution < 1.29 is 0 Å². The van der Waals surface area contributed by atoms with Crippen molar-refractivity contribution in [2.24, 2.45) is 0 Å². The van der Waals surface area contributed by atoms with Gasteiger partial charge in [-0.15, -0.1) is 11.6 Å². The van der Waals surface area contributed by atoms with Gasteiger partial charge in [-0.25, -0.2) is 0 Å². The lowest BCUT2D eigenvalue weighted by Gasteiger charge is -2.16. The Kier molecular flexibility index (Phi) is 4.60. The summed E-state index contributed by atoms with van der Waals surface area (Å²) >= 11 is 20.1. The number of benzene rings is 3. The van der Waals surface area contributed by atoms with Crippen LogP contribution in [0.2, 0.25) is 5.02 Å². The second kappa shape index (κ2) is 6.29. The number of hydrogen-bond acceptors (Lipinski definition) is 0. The summed E-state index contributed by atoms with van der Waals surface area (Å²) in [4.78, 5) is 0. The zero-order chi connectivity index (χ0) is 15.0. The highest BCUT2D eigenvalue weighted by molar-refractivity contribution is 9.11. The highest BCUT2D eigenvalue weighted by Crippen LogP contribution is 2.39. The number of halogens is 4. The molecule has 0 nitrogen and oxygen atoms in total. The van der Waals surface area contributed by atoms with Crippen molar-refractivity contribution in [1.29, 1.82) is 0 Å². The fraction of sp³-hybridized carbons (Fsp3) is 0.0588. The standard InChI is InChI=1S/C17H10Br2Cl2/c18-10-5-7-15(19)14(9-10)17(21)13-6-8-16(20)12-4-2-1-3-11(12)13/h1-9,17H. The molecule has 0 bridgehead atoms. The molecule has 0 fully saturated rings. The maximum Gasteiger partial charge on any atom is 0.0852 e. The van der Waals surface area contributed by atoms with Gasteiger partial charge >= 0.3 is 0 Å². The highest BCUT2D eigenvalue weighted by Gasteiger charge is 2.17. The first-order chi connectivity index (χ1) is 10.1. The smallest absolute Gasteiger partial charge is 0.0852 e. The molecule has 0 aliphatic carbocycles. The van der Waals surface area contributed by atoms with Crippen LogP contribution >= 0.6 is 55.1 Å². The van der Waals surface area contributed by atoms with Crippen LogP contribution in [0.15, 0.2) is 63.5 Å². The van der Waals surface area contributed by atoms with Gasteiger partial charge in [0.25, 0.3) is 0 Å². The predicted octanol–water partition coefficient (Wildman–Crippen LogP) is 7.35. The predicted molar refractivity (Wildman–Crippen MR) is 98.5 cm³/mol. The van der Waals surface area contributed by atoms with Crippen LogP contribution in [0, 0.1) is 0 Å². The molecule has 3 aromatic carbocycles. The second-order valence-corrected chi connectivity index (χ2v) is 7.32. The third kappa shape index (κ3) is 3.00. The van der Waals surface area contributed by atoms with Crippen molar-refractivity contribution in [3.05, 3.63) is 79.7 Å². The number of alkyl halides is 1. The summed E-state index contributed by atoms with van der Waals surface area (Å²) < 4.78 is 1.99. The van der Waals surface area contributed by atoms with Gasteiger partial charge in [-0.2, -0.15) is 0 Å². The van der Waals surface area contributed by atoms with Gasteiger partial charge in [0.2, 0.25) is 0 Å². The molecule has 1 unspecified atom stereocenters. The minimum absolute atomic E-state index is 0.251. The fourth-order valence-electron chi connectivity index (χ4n) is 2.38. The van der Waals surface area contributed by atoms with Crippen LogP contribution in [-0.2, 0) is 0 Å². The van der Waals surface area contributed by atoms with Crippen molar-refractivity contribution in [3.63, 3.8) is 0 Å². The molecule has 4 heteroatoms. The summed E-state index contributed by atoms with van der Waals surface area (Å²) in [6.45, 7) is 0. The van der Waals surface area contributed by atoms with Crippen LogP contribution in [0.4, 0.5) is 0 Å². The molecule has 0 aliphatic heterocycles. The van der Waals surface area contributed by atoms with Gasteiger partial charge in [-0.3, -0.25) is 0 Å². The SMILES string of the molecule is Clc1ccc(C(Cl)c2cc(Br)ccc2Br)c2ccccc12. The summed E-state index contributed by atoms with van der Waals surface area (Å²) in [5.41, 5.74) is 2.08. The van der Waals surface area contributed by atoms with E-state index in [0.29, 0.717) is 0 Å². The topological polar surface area (TPSA) is 0 Å². The Hall–Kier alpha value is -0.540. The average molecular weight is 445 g/mol. The Labute approximate surface area is 150 Å². The van der Waals surface area contributed by atoms with Crippen LogP contribution in [0.5, 0.6) is 0 Å². The van der Waals surface area contributed by atoms with E-state index in [0.717, 1.165) is 35.9 Å².